The first-order valence-electron chi connectivity index (χ1n) is 9.75. The summed E-state index contributed by atoms with van der Waals surface area (Å²) in [6.07, 6.45) is 0.908. The lowest BCUT2D eigenvalue weighted by molar-refractivity contribution is 0.0989. The SMILES string of the molecule is O=C(Cc1ccc2c(c1)N(S(=O)(=O)c1ccc(F)cc1F)CCC2)c1c(F)cccc1Cl. The molecule has 0 saturated heterocycles. The van der Waals surface area contributed by atoms with Crippen molar-refractivity contribution < 1.29 is 26.4 Å². The molecular formula is C23H17ClF3NO3S. The standard InChI is InChI=1S/C23H17ClF3NO3S/c24-17-4-1-5-18(26)23(17)21(29)12-14-6-7-15-3-2-10-28(20(15)11-14)32(30,31)22-9-8-16(25)13-19(22)27/h1,4-9,11,13H,2-3,10,12H2. The molecule has 0 radical (unpaired) electrons. The molecule has 0 unspecified atom stereocenters. The minimum absolute atomic E-state index is 0.0102. The van der Waals surface area contributed by atoms with Gasteiger partial charge in [-0.1, -0.05) is 29.8 Å². The van der Waals surface area contributed by atoms with Gasteiger partial charge in [0.05, 0.1) is 16.3 Å². The van der Waals surface area contributed by atoms with Crippen molar-refractivity contribution in [3.8, 4) is 0 Å². The van der Waals surface area contributed by atoms with Crippen LogP contribution in [0.5, 0.6) is 0 Å². The third kappa shape index (κ3) is 4.12. The molecule has 3 aromatic rings. The summed E-state index contributed by atoms with van der Waals surface area (Å²) in [5, 5.41) is -0.0102. The molecule has 1 aliphatic rings. The Morgan fingerprint density at radius 3 is 2.50 bits per heavy atom. The van der Waals surface area contributed by atoms with E-state index in [-0.39, 0.29) is 23.6 Å². The number of carbonyl (C=O) groups excluding carboxylic acids is 1. The molecule has 0 spiro atoms. The van der Waals surface area contributed by atoms with Crippen LogP contribution in [0.25, 0.3) is 0 Å². The second-order valence-electron chi connectivity index (χ2n) is 7.42. The number of hydrogen-bond donors (Lipinski definition) is 0. The van der Waals surface area contributed by atoms with Crippen LogP contribution in [0.3, 0.4) is 0 Å². The zero-order valence-corrected chi connectivity index (χ0v) is 18.2. The van der Waals surface area contributed by atoms with Gasteiger partial charge in [-0.05, 0) is 54.3 Å². The Balaban J connectivity index is 1.70. The molecule has 4 nitrogen and oxygen atoms in total. The number of anilines is 1. The van der Waals surface area contributed by atoms with Crippen LogP contribution in [0.1, 0.15) is 27.9 Å². The Kier molecular flexibility index (Phi) is 6.01. The molecular weight excluding hydrogens is 463 g/mol. The number of carbonyl (C=O) groups is 1. The number of Topliss-reactive ketones (excluding diaryl/α,β-unsaturated/α-hetero) is 1. The van der Waals surface area contributed by atoms with Crippen molar-refractivity contribution >= 4 is 33.1 Å². The maximum absolute atomic E-state index is 14.3. The Hall–Kier alpha value is -2.84. The van der Waals surface area contributed by atoms with E-state index in [0.717, 1.165) is 22.5 Å². The van der Waals surface area contributed by atoms with Gasteiger partial charge in [0.25, 0.3) is 10.0 Å². The fourth-order valence-corrected chi connectivity index (χ4v) is 5.64. The highest BCUT2D eigenvalue weighted by atomic mass is 35.5. The molecule has 4 rings (SSSR count). The lowest BCUT2D eigenvalue weighted by Gasteiger charge is -2.31. The summed E-state index contributed by atoms with van der Waals surface area (Å²) < 4.78 is 69.0. The monoisotopic (exact) mass is 479 g/mol. The maximum Gasteiger partial charge on any atom is 0.267 e. The van der Waals surface area contributed by atoms with Gasteiger partial charge in [0.2, 0.25) is 0 Å². The lowest BCUT2D eigenvalue weighted by Crippen LogP contribution is -2.36. The summed E-state index contributed by atoms with van der Waals surface area (Å²) in [6.45, 7) is 0.0999. The zero-order valence-electron chi connectivity index (χ0n) is 16.6. The van der Waals surface area contributed by atoms with Gasteiger partial charge in [-0.15, -0.1) is 0 Å². The fraction of sp³-hybridized carbons (Fsp3) is 0.174. The topological polar surface area (TPSA) is 54.5 Å². The molecule has 0 N–H and O–H groups in total. The molecule has 1 heterocycles. The average Bonchev–Trinajstić information content (AvgIpc) is 2.72. The van der Waals surface area contributed by atoms with Crippen molar-refractivity contribution in [1.29, 1.82) is 0 Å². The highest BCUT2D eigenvalue weighted by Gasteiger charge is 2.32. The first-order chi connectivity index (χ1) is 15.2. The Bertz CT molecular complexity index is 1310. The average molecular weight is 480 g/mol. The number of rotatable bonds is 5. The van der Waals surface area contributed by atoms with Gasteiger partial charge in [-0.2, -0.15) is 0 Å². The third-order valence-electron chi connectivity index (χ3n) is 5.29. The predicted octanol–water partition coefficient (Wildman–Crippen LogP) is 5.32. The van der Waals surface area contributed by atoms with Crippen LogP contribution in [0.15, 0.2) is 59.5 Å². The first kappa shape index (κ1) is 22.4. The number of ketones is 1. The number of hydrogen-bond acceptors (Lipinski definition) is 3. The van der Waals surface area contributed by atoms with E-state index in [4.69, 9.17) is 11.6 Å². The number of benzene rings is 3. The van der Waals surface area contributed by atoms with Gasteiger partial charge < -0.3 is 0 Å². The quantitative estimate of drug-likeness (QED) is 0.465. The Morgan fingerprint density at radius 1 is 1.00 bits per heavy atom. The summed E-state index contributed by atoms with van der Waals surface area (Å²) in [5.41, 5.74) is 1.24. The van der Waals surface area contributed by atoms with Crippen LogP contribution < -0.4 is 4.31 Å². The van der Waals surface area contributed by atoms with Crippen molar-refractivity contribution in [3.63, 3.8) is 0 Å². The van der Waals surface area contributed by atoms with E-state index in [9.17, 15) is 26.4 Å². The number of fused-ring (bicyclic) bond motifs is 1. The lowest BCUT2D eigenvalue weighted by atomic mass is 9.97. The largest absolute Gasteiger partial charge is 0.294 e. The van der Waals surface area contributed by atoms with Crippen molar-refractivity contribution in [1.82, 2.24) is 0 Å². The predicted molar refractivity (Wildman–Crippen MR) is 115 cm³/mol. The molecule has 0 atom stereocenters. The zero-order chi connectivity index (χ0) is 23.0. The molecule has 0 saturated carbocycles. The third-order valence-corrected chi connectivity index (χ3v) is 7.46. The minimum atomic E-state index is -4.31. The molecule has 1 aliphatic heterocycles. The van der Waals surface area contributed by atoms with E-state index < -0.39 is 38.2 Å². The Labute approximate surface area is 188 Å². The van der Waals surface area contributed by atoms with E-state index >= 15 is 0 Å². The van der Waals surface area contributed by atoms with Gasteiger partial charge >= 0.3 is 0 Å². The second-order valence-corrected chi connectivity index (χ2v) is 9.65. The van der Waals surface area contributed by atoms with Crippen LogP contribution in [0.4, 0.5) is 18.9 Å². The smallest absolute Gasteiger partial charge is 0.267 e. The van der Waals surface area contributed by atoms with Crippen LogP contribution in [0, 0.1) is 17.5 Å². The molecule has 166 valence electrons. The van der Waals surface area contributed by atoms with E-state index in [0.29, 0.717) is 35.7 Å². The van der Waals surface area contributed by atoms with Crippen molar-refractivity contribution in [2.75, 3.05) is 10.8 Å². The summed E-state index contributed by atoms with van der Waals surface area (Å²) >= 11 is 5.97. The van der Waals surface area contributed by atoms with Gasteiger partial charge in [0.15, 0.2) is 5.78 Å². The summed E-state index contributed by atoms with van der Waals surface area (Å²) in [4.78, 5) is 12.0. The van der Waals surface area contributed by atoms with Crippen LogP contribution in [-0.4, -0.2) is 20.7 Å². The van der Waals surface area contributed by atoms with E-state index in [1.807, 2.05) is 0 Å². The van der Waals surface area contributed by atoms with Crippen molar-refractivity contribution in [3.05, 3.63) is 93.8 Å². The molecule has 0 amide bonds. The number of aryl methyl sites for hydroxylation is 1. The first-order valence-corrected chi connectivity index (χ1v) is 11.6. The number of nitrogens with zero attached hydrogens (tertiary/aromatic N) is 1. The van der Waals surface area contributed by atoms with Crippen molar-refractivity contribution in [2.24, 2.45) is 0 Å². The number of halogens is 4. The van der Waals surface area contributed by atoms with Crippen LogP contribution >= 0.6 is 11.6 Å². The molecule has 0 aromatic heterocycles. The maximum atomic E-state index is 14.3. The van der Waals surface area contributed by atoms with E-state index in [2.05, 4.69) is 0 Å². The summed E-state index contributed by atoms with van der Waals surface area (Å²) in [5.74, 6) is -3.36. The molecule has 0 fully saturated rings. The van der Waals surface area contributed by atoms with E-state index in [1.165, 1.54) is 18.2 Å². The van der Waals surface area contributed by atoms with Gasteiger partial charge in [0, 0.05) is 19.0 Å². The highest BCUT2D eigenvalue weighted by Crippen LogP contribution is 2.34. The normalized spacial score (nSPS) is 13.7. The number of sulfonamides is 1. The fourth-order valence-electron chi connectivity index (χ4n) is 3.79. The van der Waals surface area contributed by atoms with Crippen LogP contribution in [0.2, 0.25) is 5.02 Å². The van der Waals surface area contributed by atoms with Crippen molar-refractivity contribution in [2.45, 2.75) is 24.2 Å². The van der Waals surface area contributed by atoms with Gasteiger partial charge in [-0.25, -0.2) is 21.6 Å². The van der Waals surface area contributed by atoms with Crippen LogP contribution in [-0.2, 0) is 22.9 Å². The molecule has 0 bridgehead atoms. The van der Waals surface area contributed by atoms with Gasteiger partial charge in [-0.3, -0.25) is 9.10 Å². The molecule has 0 aliphatic carbocycles. The molecule has 3 aromatic carbocycles. The van der Waals surface area contributed by atoms with E-state index in [1.54, 1.807) is 12.1 Å². The second kappa shape index (κ2) is 8.60. The highest BCUT2D eigenvalue weighted by molar-refractivity contribution is 7.92. The molecule has 32 heavy (non-hydrogen) atoms. The molecule has 9 heteroatoms. The summed E-state index contributed by atoms with van der Waals surface area (Å²) in [6, 6.07) is 11.1. The van der Waals surface area contributed by atoms with Gasteiger partial charge in [0.1, 0.15) is 22.3 Å². The summed E-state index contributed by atoms with van der Waals surface area (Å²) in [7, 11) is -4.31. The minimum Gasteiger partial charge on any atom is -0.294 e. The Morgan fingerprint density at radius 2 is 1.78 bits per heavy atom.